The van der Waals surface area contributed by atoms with Crippen LogP contribution in [0.1, 0.15) is 10.5 Å². The number of halogens is 1. The number of methoxy groups -OCH3 is 3. The van der Waals surface area contributed by atoms with E-state index < -0.39 is 5.91 Å². The number of hydrogen-bond donors (Lipinski definition) is 2. The second-order valence-electron chi connectivity index (χ2n) is 5.66. The van der Waals surface area contributed by atoms with Gasteiger partial charge in [-0.3, -0.25) is 9.36 Å². The van der Waals surface area contributed by atoms with E-state index in [1.54, 1.807) is 12.1 Å². The normalized spacial score (nSPS) is 10.4. The Morgan fingerprint density at radius 1 is 1.07 bits per heavy atom. The first-order valence-corrected chi connectivity index (χ1v) is 8.57. The molecule has 1 amide bonds. The number of rotatable bonds is 6. The Balaban J connectivity index is 1.97. The van der Waals surface area contributed by atoms with Crippen LogP contribution >= 0.6 is 12.2 Å². The molecule has 146 valence electrons. The Bertz CT molecular complexity index is 1030. The van der Waals surface area contributed by atoms with Crippen molar-refractivity contribution < 1.29 is 23.4 Å². The Labute approximate surface area is 165 Å². The lowest BCUT2D eigenvalue weighted by molar-refractivity contribution is 0.102. The smallest absolute Gasteiger partial charge is 0.274 e. The lowest BCUT2D eigenvalue weighted by Crippen LogP contribution is -2.16. The van der Waals surface area contributed by atoms with E-state index >= 15 is 0 Å². The molecule has 0 spiro atoms. The van der Waals surface area contributed by atoms with Crippen LogP contribution in [0.15, 0.2) is 42.6 Å². The number of aromatic nitrogens is 2. The number of anilines is 1. The summed E-state index contributed by atoms with van der Waals surface area (Å²) in [4.78, 5) is 15.7. The number of aromatic amines is 1. The fourth-order valence-electron chi connectivity index (χ4n) is 2.73. The molecule has 1 aromatic heterocycles. The molecule has 0 radical (unpaired) electrons. The van der Waals surface area contributed by atoms with Gasteiger partial charge in [0.15, 0.2) is 16.3 Å². The molecule has 28 heavy (non-hydrogen) atoms. The number of imidazole rings is 1. The van der Waals surface area contributed by atoms with Gasteiger partial charge in [0.1, 0.15) is 11.5 Å². The molecule has 2 aromatic carbocycles. The van der Waals surface area contributed by atoms with E-state index in [4.69, 9.17) is 26.4 Å². The summed E-state index contributed by atoms with van der Waals surface area (Å²) >= 11 is 5.26. The third-order valence-corrected chi connectivity index (χ3v) is 4.32. The van der Waals surface area contributed by atoms with Crippen LogP contribution in [0.25, 0.3) is 5.69 Å². The minimum absolute atomic E-state index is 0.255. The summed E-state index contributed by atoms with van der Waals surface area (Å²) < 4.78 is 30.9. The molecule has 3 rings (SSSR count). The average molecular weight is 403 g/mol. The number of benzene rings is 2. The van der Waals surface area contributed by atoms with Gasteiger partial charge in [0.2, 0.25) is 5.75 Å². The summed E-state index contributed by atoms with van der Waals surface area (Å²) in [5, 5.41) is 2.78. The summed E-state index contributed by atoms with van der Waals surface area (Å²) in [5.41, 5.74) is 1.25. The molecular weight excluding hydrogens is 385 g/mol. The first-order chi connectivity index (χ1) is 13.5. The zero-order chi connectivity index (χ0) is 20.3. The van der Waals surface area contributed by atoms with Crippen LogP contribution in [-0.4, -0.2) is 36.8 Å². The first-order valence-electron chi connectivity index (χ1n) is 8.16. The quantitative estimate of drug-likeness (QED) is 0.610. The Kier molecular flexibility index (Phi) is 5.65. The number of ether oxygens (including phenoxy) is 3. The van der Waals surface area contributed by atoms with Crippen molar-refractivity contribution in [3.63, 3.8) is 0 Å². The molecule has 0 saturated heterocycles. The molecule has 0 unspecified atom stereocenters. The van der Waals surface area contributed by atoms with Gasteiger partial charge in [-0.25, -0.2) is 4.39 Å². The van der Waals surface area contributed by atoms with Crippen LogP contribution in [0.5, 0.6) is 17.2 Å². The fourth-order valence-corrected chi connectivity index (χ4v) is 2.99. The summed E-state index contributed by atoms with van der Waals surface area (Å²) in [6.07, 6.45) is 1.49. The van der Waals surface area contributed by atoms with Crippen molar-refractivity contribution >= 4 is 23.8 Å². The Hall–Kier alpha value is -3.33. The zero-order valence-corrected chi connectivity index (χ0v) is 16.2. The molecule has 0 aliphatic rings. The van der Waals surface area contributed by atoms with E-state index in [0.29, 0.717) is 33.4 Å². The lowest BCUT2D eigenvalue weighted by Gasteiger charge is -2.15. The number of nitrogens with one attached hydrogen (secondary N) is 2. The molecular formula is C19H18FN3O4S. The fraction of sp³-hybridized carbons (Fsp3) is 0.158. The van der Waals surface area contributed by atoms with Crippen molar-refractivity contribution in [2.45, 2.75) is 0 Å². The van der Waals surface area contributed by atoms with Gasteiger partial charge in [-0.2, -0.15) is 0 Å². The van der Waals surface area contributed by atoms with Crippen molar-refractivity contribution in [1.82, 2.24) is 9.55 Å². The largest absolute Gasteiger partial charge is 0.493 e. The molecule has 0 fully saturated rings. The predicted molar refractivity (Wildman–Crippen MR) is 105 cm³/mol. The Morgan fingerprint density at radius 3 is 2.21 bits per heavy atom. The minimum Gasteiger partial charge on any atom is -0.493 e. The van der Waals surface area contributed by atoms with Crippen LogP contribution in [0.2, 0.25) is 0 Å². The van der Waals surface area contributed by atoms with Gasteiger partial charge >= 0.3 is 0 Å². The average Bonchev–Trinajstić information content (AvgIpc) is 3.09. The van der Waals surface area contributed by atoms with Gasteiger partial charge in [-0.05, 0) is 36.5 Å². The molecule has 7 nitrogen and oxygen atoms in total. The van der Waals surface area contributed by atoms with E-state index in [1.165, 1.54) is 56.4 Å². The van der Waals surface area contributed by atoms with Crippen molar-refractivity contribution in [1.29, 1.82) is 0 Å². The molecule has 2 N–H and O–H groups in total. The van der Waals surface area contributed by atoms with Crippen LogP contribution in [-0.2, 0) is 0 Å². The van der Waals surface area contributed by atoms with Crippen molar-refractivity contribution in [2.75, 3.05) is 26.6 Å². The van der Waals surface area contributed by atoms with Crippen LogP contribution < -0.4 is 19.5 Å². The standard InChI is InChI=1S/C19H18FN3O4S/c1-25-15-8-12(9-16(26-2)17(15)27-3)22-18(24)14-10-21-19(28)23(14)13-6-4-11(20)5-7-13/h4-10H,1-3H3,(H,21,28)(H,22,24). The van der Waals surface area contributed by atoms with Crippen molar-refractivity contribution in [2.24, 2.45) is 0 Å². The number of nitrogens with zero attached hydrogens (tertiary/aromatic N) is 1. The predicted octanol–water partition coefficient (Wildman–Crippen LogP) is 3.95. The number of H-pyrrole nitrogens is 1. The summed E-state index contributed by atoms with van der Waals surface area (Å²) in [7, 11) is 4.47. The molecule has 0 bridgehead atoms. The van der Waals surface area contributed by atoms with Crippen molar-refractivity contribution in [3.05, 3.63) is 58.9 Å². The molecule has 9 heteroatoms. The summed E-state index contributed by atoms with van der Waals surface area (Å²) in [6.45, 7) is 0. The third-order valence-electron chi connectivity index (χ3n) is 4.02. The second kappa shape index (κ2) is 8.13. The van der Waals surface area contributed by atoms with E-state index in [9.17, 15) is 9.18 Å². The maximum absolute atomic E-state index is 13.2. The molecule has 1 heterocycles. The van der Waals surface area contributed by atoms with Gasteiger partial charge in [-0.1, -0.05) is 0 Å². The van der Waals surface area contributed by atoms with E-state index in [2.05, 4.69) is 10.3 Å². The molecule has 3 aromatic rings. The van der Waals surface area contributed by atoms with Gasteiger partial charge in [0.25, 0.3) is 5.91 Å². The maximum Gasteiger partial charge on any atom is 0.274 e. The third kappa shape index (κ3) is 3.70. The lowest BCUT2D eigenvalue weighted by atomic mass is 10.2. The molecule has 0 saturated carbocycles. The van der Waals surface area contributed by atoms with Gasteiger partial charge < -0.3 is 24.5 Å². The van der Waals surface area contributed by atoms with Gasteiger partial charge in [0, 0.05) is 29.7 Å². The van der Waals surface area contributed by atoms with E-state index in [0.717, 1.165) is 0 Å². The number of carbonyl (C=O) groups excluding carboxylic acids is 1. The SMILES string of the molecule is COc1cc(NC(=O)c2c[nH]c(=S)n2-c2ccc(F)cc2)cc(OC)c1OC. The van der Waals surface area contributed by atoms with E-state index in [-0.39, 0.29) is 11.5 Å². The highest BCUT2D eigenvalue weighted by molar-refractivity contribution is 7.71. The van der Waals surface area contributed by atoms with E-state index in [1.807, 2.05) is 0 Å². The highest BCUT2D eigenvalue weighted by Crippen LogP contribution is 2.40. The molecule has 0 aliphatic carbocycles. The topological polar surface area (TPSA) is 77.5 Å². The van der Waals surface area contributed by atoms with Crippen LogP contribution in [0.4, 0.5) is 10.1 Å². The van der Waals surface area contributed by atoms with Crippen LogP contribution in [0.3, 0.4) is 0 Å². The highest BCUT2D eigenvalue weighted by Gasteiger charge is 2.18. The van der Waals surface area contributed by atoms with Gasteiger partial charge in [-0.15, -0.1) is 0 Å². The monoisotopic (exact) mass is 403 g/mol. The summed E-state index contributed by atoms with van der Waals surface area (Å²) in [6, 6.07) is 8.89. The summed E-state index contributed by atoms with van der Waals surface area (Å²) in [5.74, 6) is 0.419. The number of amides is 1. The molecule has 0 atom stereocenters. The number of carbonyl (C=O) groups is 1. The van der Waals surface area contributed by atoms with Gasteiger partial charge in [0.05, 0.1) is 21.3 Å². The number of hydrogen-bond acceptors (Lipinski definition) is 5. The zero-order valence-electron chi connectivity index (χ0n) is 15.4. The Morgan fingerprint density at radius 2 is 1.68 bits per heavy atom. The second-order valence-corrected chi connectivity index (χ2v) is 6.05. The maximum atomic E-state index is 13.2. The minimum atomic E-state index is -0.425. The van der Waals surface area contributed by atoms with Crippen molar-refractivity contribution in [3.8, 4) is 22.9 Å². The van der Waals surface area contributed by atoms with Crippen LogP contribution in [0, 0.1) is 10.6 Å². The highest BCUT2D eigenvalue weighted by atomic mass is 32.1. The molecule has 0 aliphatic heterocycles. The first kappa shape index (κ1) is 19.4.